The molecule has 0 radical (unpaired) electrons. The second-order valence-corrected chi connectivity index (χ2v) is 5.64. The maximum Gasteiger partial charge on any atom is 0.0682 e. The number of rotatable bonds is 4. The second-order valence-electron chi connectivity index (χ2n) is 4.59. The number of aliphatic hydroxyl groups excluding tert-OH is 1. The first kappa shape index (κ1) is 13.2. The number of hydrogen-bond donors (Lipinski definition) is 1. The van der Waals surface area contributed by atoms with Gasteiger partial charge in [-0.1, -0.05) is 41.5 Å². The summed E-state index contributed by atoms with van der Waals surface area (Å²) < 4.78 is 0. The van der Waals surface area contributed by atoms with Crippen molar-refractivity contribution in [2.24, 2.45) is 0 Å². The minimum Gasteiger partial charge on any atom is -0.392 e. The van der Waals surface area contributed by atoms with Crippen LogP contribution in [0.5, 0.6) is 0 Å². The molecule has 0 aliphatic rings. The van der Waals surface area contributed by atoms with E-state index in [0.717, 1.165) is 11.3 Å². The highest BCUT2D eigenvalue weighted by Gasteiger charge is 1.99. The Morgan fingerprint density at radius 2 is 1.67 bits per heavy atom. The minimum absolute atomic E-state index is 0.109. The highest BCUT2D eigenvalue weighted by molar-refractivity contribution is 7.98. The van der Waals surface area contributed by atoms with Crippen LogP contribution in [0.2, 0.25) is 0 Å². The number of thioether (sulfide) groups is 1. The largest absolute Gasteiger partial charge is 0.392 e. The van der Waals surface area contributed by atoms with E-state index in [1.165, 1.54) is 21.6 Å². The van der Waals surface area contributed by atoms with E-state index in [9.17, 15) is 0 Å². The molecule has 0 unspecified atom stereocenters. The molecule has 2 heteroatoms. The molecule has 1 N–H and O–H groups in total. The van der Waals surface area contributed by atoms with E-state index in [1.54, 1.807) is 0 Å². The van der Waals surface area contributed by atoms with Gasteiger partial charge in [-0.3, -0.25) is 0 Å². The summed E-state index contributed by atoms with van der Waals surface area (Å²) in [5.41, 5.74) is 4.96. The van der Waals surface area contributed by atoms with Crippen LogP contribution in [0.3, 0.4) is 0 Å². The van der Waals surface area contributed by atoms with Gasteiger partial charge in [0.1, 0.15) is 0 Å². The van der Waals surface area contributed by atoms with Gasteiger partial charge >= 0.3 is 0 Å². The Morgan fingerprint density at radius 1 is 0.944 bits per heavy atom. The highest BCUT2D eigenvalue weighted by atomic mass is 32.2. The predicted molar refractivity (Wildman–Crippen MR) is 77.8 cm³/mol. The Labute approximate surface area is 113 Å². The standard InChI is InChI=1S/C16H18OS/c1-12-6-13(2)8-15(7-12)11-18-16-5-3-4-14(9-16)10-17/h3-9,17H,10-11H2,1-2H3. The second kappa shape index (κ2) is 6.07. The molecular weight excluding hydrogens is 240 g/mol. The summed E-state index contributed by atoms with van der Waals surface area (Å²) in [4.78, 5) is 1.21. The summed E-state index contributed by atoms with van der Waals surface area (Å²) in [5, 5.41) is 9.11. The summed E-state index contributed by atoms with van der Waals surface area (Å²) in [6, 6.07) is 14.7. The molecule has 2 aromatic carbocycles. The first-order valence-corrected chi connectivity index (χ1v) is 7.06. The fourth-order valence-corrected chi connectivity index (χ4v) is 2.96. The molecule has 0 spiro atoms. The van der Waals surface area contributed by atoms with Crippen LogP contribution in [0.1, 0.15) is 22.3 Å². The van der Waals surface area contributed by atoms with E-state index < -0.39 is 0 Å². The molecule has 2 aromatic rings. The fourth-order valence-electron chi connectivity index (χ4n) is 2.05. The molecule has 0 aliphatic heterocycles. The van der Waals surface area contributed by atoms with Crippen molar-refractivity contribution in [2.45, 2.75) is 31.1 Å². The molecule has 0 saturated heterocycles. The van der Waals surface area contributed by atoms with E-state index >= 15 is 0 Å². The highest BCUT2D eigenvalue weighted by Crippen LogP contribution is 2.24. The maximum atomic E-state index is 9.11. The zero-order valence-electron chi connectivity index (χ0n) is 10.8. The van der Waals surface area contributed by atoms with Crippen molar-refractivity contribution >= 4 is 11.8 Å². The van der Waals surface area contributed by atoms with Crippen molar-refractivity contribution < 1.29 is 5.11 Å². The van der Waals surface area contributed by atoms with Gasteiger partial charge in [0, 0.05) is 10.6 Å². The zero-order chi connectivity index (χ0) is 13.0. The lowest BCUT2D eigenvalue weighted by Crippen LogP contribution is -1.86. The maximum absolute atomic E-state index is 9.11. The third kappa shape index (κ3) is 3.62. The van der Waals surface area contributed by atoms with Gasteiger partial charge in [-0.15, -0.1) is 11.8 Å². The smallest absolute Gasteiger partial charge is 0.0682 e. The quantitative estimate of drug-likeness (QED) is 0.834. The molecule has 1 nitrogen and oxygen atoms in total. The molecule has 18 heavy (non-hydrogen) atoms. The first-order valence-electron chi connectivity index (χ1n) is 6.07. The van der Waals surface area contributed by atoms with Crippen molar-refractivity contribution in [1.82, 2.24) is 0 Å². The Balaban J connectivity index is 2.06. The molecule has 0 bridgehead atoms. The molecule has 94 valence electrons. The molecule has 0 atom stereocenters. The molecule has 2 rings (SSSR count). The van der Waals surface area contributed by atoms with E-state index in [1.807, 2.05) is 30.0 Å². The van der Waals surface area contributed by atoms with Crippen LogP contribution < -0.4 is 0 Å². The monoisotopic (exact) mass is 258 g/mol. The summed E-state index contributed by atoms with van der Waals surface area (Å²) in [6.45, 7) is 4.37. The van der Waals surface area contributed by atoms with Crippen LogP contribution >= 0.6 is 11.8 Å². The van der Waals surface area contributed by atoms with Gasteiger partial charge in [-0.05, 0) is 37.1 Å². The van der Waals surface area contributed by atoms with Crippen molar-refractivity contribution in [3.63, 3.8) is 0 Å². The van der Waals surface area contributed by atoms with Crippen LogP contribution in [-0.4, -0.2) is 5.11 Å². The minimum atomic E-state index is 0.109. The topological polar surface area (TPSA) is 20.2 Å². The number of benzene rings is 2. The first-order chi connectivity index (χ1) is 8.67. The van der Waals surface area contributed by atoms with E-state index in [-0.39, 0.29) is 6.61 Å². The van der Waals surface area contributed by atoms with Gasteiger partial charge in [0.25, 0.3) is 0 Å². The molecule has 0 aromatic heterocycles. The molecular formula is C16H18OS. The Hall–Kier alpha value is -1.25. The average Bonchev–Trinajstić information content (AvgIpc) is 2.35. The van der Waals surface area contributed by atoms with Crippen LogP contribution in [0.4, 0.5) is 0 Å². The average molecular weight is 258 g/mol. The molecule has 0 saturated carbocycles. The third-order valence-electron chi connectivity index (χ3n) is 2.77. The Kier molecular flexibility index (Phi) is 4.45. The summed E-state index contributed by atoms with van der Waals surface area (Å²) in [7, 11) is 0. The van der Waals surface area contributed by atoms with Crippen molar-refractivity contribution in [3.05, 3.63) is 64.7 Å². The predicted octanol–water partition coefficient (Wildman–Crippen LogP) is 4.09. The number of aliphatic hydroxyl groups is 1. The lowest BCUT2D eigenvalue weighted by Gasteiger charge is -2.06. The molecule has 0 aliphatic carbocycles. The summed E-state index contributed by atoms with van der Waals surface area (Å²) in [6.07, 6.45) is 0. The van der Waals surface area contributed by atoms with Crippen molar-refractivity contribution in [1.29, 1.82) is 0 Å². The lowest BCUT2D eigenvalue weighted by molar-refractivity contribution is 0.281. The SMILES string of the molecule is Cc1cc(C)cc(CSc2cccc(CO)c2)c1. The van der Waals surface area contributed by atoms with Gasteiger partial charge in [0.05, 0.1) is 6.61 Å². The van der Waals surface area contributed by atoms with Gasteiger partial charge in [0.15, 0.2) is 0 Å². The molecule has 0 fully saturated rings. The Morgan fingerprint density at radius 3 is 2.33 bits per heavy atom. The van der Waals surface area contributed by atoms with Crippen molar-refractivity contribution in [3.8, 4) is 0 Å². The van der Waals surface area contributed by atoms with E-state index in [4.69, 9.17) is 5.11 Å². The van der Waals surface area contributed by atoms with Gasteiger partial charge < -0.3 is 5.11 Å². The van der Waals surface area contributed by atoms with Crippen LogP contribution in [0.15, 0.2) is 47.4 Å². The van der Waals surface area contributed by atoms with Crippen LogP contribution in [0.25, 0.3) is 0 Å². The van der Waals surface area contributed by atoms with Crippen molar-refractivity contribution in [2.75, 3.05) is 0 Å². The zero-order valence-corrected chi connectivity index (χ0v) is 11.6. The van der Waals surface area contributed by atoms with Crippen LogP contribution in [0, 0.1) is 13.8 Å². The third-order valence-corrected chi connectivity index (χ3v) is 3.83. The Bertz CT molecular complexity index is 514. The van der Waals surface area contributed by atoms with E-state index in [2.05, 4.69) is 38.1 Å². The lowest BCUT2D eigenvalue weighted by atomic mass is 10.1. The molecule has 0 amide bonds. The van der Waals surface area contributed by atoms with Gasteiger partial charge in [-0.2, -0.15) is 0 Å². The summed E-state index contributed by atoms with van der Waals surface area (Å²) >= 11 is 1.81. The fraction of sp³-hybridized carbons (Fsp3) is 0.250. The van der Waals surface area contributed by atoms with Crippen LogP contribution in [-0.2, 0) is 12.4 Å². The summed E-state index contributed by atoms with van der Waals surface area (Å²) in [5.74, 6) is 0.970. The van der Waals surface area contributed by atoms with Gasteiger partial charge in [0.2, 0.25) is 0 Å². The normalized spacial score (nSPS) is 10.6. The number of aryl methyl sites for hydroxylation is 2. The number of hydrogen-bond acceptors (Lipinski definition) is 2. The van der Waals surface area contributed by atoms with Gasteiger partial charge in [-0.25, -0.2) is 0 Å². The van der Waals surface area contributed by atoms with E-state index in [0.29, 0.717) is 0 Å². The molecule has 0 heterocycles.